The maximum absolute atomic E-state index is 12.9. The van der Waals surface area contributed by atoms with Gasteiger partial charge < -0.3 is 81.0 Å². The highest BCUT2D eigenvalue weighted by Crippen LogP contribution is 2.51. The highest BCUT2D eigenvalue weighted by atomic mass is 32.2. The minimum Gasteiger partial charge on any atom is -0.494 e. The Kier molecular flexibility index (Phi) is 35.8. The molecule has 5 amide bonds. The molecule has 3 aliphatic heterocycles. The SMILES string of the molecule is Nc1ncnc2c1ncn2N1OC2COP(=O)(O)OC2C1OC(=O)NCCOCCOCCNC(=O)CCCC(=O)NCCCOc1ccc(C#Cc2cc3nc(c2)CN(CC(=O)O)Cc2cc(C#Cc4ccc(OCC(=O)NCCS(=O)(=O)O)cc4)cc(n2)CN(CC(=O)O)Cc2cc(C#Cc4ccc(OCC(=O)NCCS(=O)(=O)O)cc4)cc(n2)CN(CC(=O)O)C3)cc1. The zero-order valence-electron chi connectivity index (χ0n) is 70.0. The van der Waals surface area contributed by atoms with Crippen LogP contribution >= 0.6 is 7.82 Å². The Labute approximate surface area is 749 Å². The minimum absolute atomic E-state index is 0.000381. The van der Waals surface area contributed by atoms with Gasteiger partial charge in [-0.1, -0.05) is 35.5 Å². The van der Waals surface area contributed by atoms with Gasteiger partial charge in [0.05, 0.1) is 105 Å². The van der Waals surface area contributed by atoms with Crippen LogP contribution in [0.4, 0.5) is 10.6 Å². The molecular weight excluding hydrogens is 1780 g/mol. The molecule has 0 saturated carbocycles. The average molecular weight is 1870 g/mol. The number of aliphatic carboxylic acids is 3. The number of nitrogens with one attached hydrogen (secondary N) is 5. The highest BCUT2D eigenvalue weighted by molar-refractivity contribution is 7.86. The van der Waals surface area contributed by atoms with Crippen molar-refractivity contribution in [2.75, 3.05) is 128 Å². The van der Waals surface area contributed by atoms with Gasteiger partial charge in [0, 0.05) is 118 Å². The lowest BCUT2D eigenvalue weighted by Gasteiger charge is -2.29. The zero-order chi connectivity index (χ0) is 93.5. The molecule has 2 fully saturated rings. The monoisotopic (exact) mass is 1870 g/mol. The largest absolute Gasteiger partial charge is 0.494 e. The number of nitrogens with two attached hydrogens (primary N) is 1. The summed E-state index contributed by atoms with van der Waals surface area (Å²) in [5, 5.41) is 45.1. The van der Waals surface area contributed by atoms with Gasteiger partial charge in [-0.25, -0.2) is 29.1 Å². The van der Waals surface area contributed by atoms with Crippen molar-refractivity contribution < 1.29 is 131 Å². The van der Waals surface area contributed by atoms with Crippen molar-refractivity contribution in [1.29, 1.82) is 0 Å². The number of pyridine rings is 3. The Morgan fingerprint density at radius 1 is 0.489 bits per heavy atom. The van der Waals surface area contributed by atoms with Gasteiger partial charge in [-0.3, -0.25) is 81.4 Å². The Morgan fingerprint density at radius 2 is 0.885 bits per heavy atom. The van der Waals surface area contributed by atoms with E-state index < -0.39 is 127 Å². The van der Waals surface area contributed by atoms with Crippen LogP contribution < -0.4 is 51.7 Å². The minimum atomic E-state index is -4.50. The standard InChI is InChI=1S/C83H92N17O28PS2/c84-80-78-81(91-53-90-80)99(54-92-78)100-82(79-70(127-100)50-125-129(112,113)128-79)126-83(111)89-25-30-121-32-31-120-29-24-86-72(102)4-1-3-71(101)85-23-2-28-122-67-17-11-55(12-18-67)5-8-58-35-61-41-96(47-75(105)106)43-63-37-59(9-6-56-13-19-68(20-14-56)123-51-73(103)87-26-33-130(114,115)116)39-65(94-63)45-98(49-77(109)110)46-66-40-60(38-64(95-66)44-97(48-76(107)108)42-62(36-58)93-61)10-7-57-15-21-69(22-16-57)124-52-74(104)88-27-34-131(117,118)119/h11-22,35-40,53-54,70,79,82H,1-4,23-34,41-52H2,(H,85,101)(H,86,102)(H,87,103)(H,88,104)(H,89,111)(H,105,106)(H,107,108)(H,109,110)(H,112,113)(H2,84,90,91)(H,114,115,116)(H,117,118,119). The van der Waals surface area contributed by atoms with Gasteiger partial charge in [0.15, 0.2) is 36.3 Å². The Balaban J connectivity index is 0.689. The maximum Gasteiger partial charge on any atom is 0.472 e. The molecule has 3 aliphatic rings. The first-order chi connectivity index (χ1) is 62.7. The summed E-state index contributed by atoms with van der Waals surface area (Å²) < 4.78 is 120. The summed E-state index contributed by atoms with van der Waals surface area (Å²) in [5.74, 6) is 13.1. The van der Waals surface area contributed by atoms with Crippen LogP contribution in [0.2, 0.25) is 0 Å². The molecule has 5 aromatic heterocycles. The van der Waals surface area contributed by atoms with Crippen LogP contribution in [0.3, 0.4) is 0 Å². The number of aromatic nitrogens is 7. The van der Waals surface area contributed by atoms with Crippen molar-refractivity contribution in [1.82, 2.24) is 75.9 Å². The molecule has 13 N–H and O–H groups in total. The normalized spacial score (nSPS) is 16.5. The third kappa shape index (κ3) is 33.9. The Morgan fingerprint density at radius 3 is 1.31 bits per heavy atom. The first-order valence-electron chi connectivity index (χ1n) is 40.4. The smallest absolute Gasteiger partial charge is 0.472 e. The van der Waals surface area contributed by atoms with Gasteiger partial charge in [-0.2, -0.15) is 21.5 Å². The molecule has 11 rings (SSSR count). The molecule has 8 heterocycles. The number of carboxylic acid groups (broad SMARTS) is 3. The second kappa shape index (κ2) is 47.8. The molecule has 45 nitrogen and oxygen atoms in total. The fourth-order valence-corrected chi connectivity index (χ4v) is 14.6. The summed E-state index contributed by atoms with van der Waals surface area (Å²) >= 11 is 0. The maximum atomic E-state index is 12.9. The molecule has 6 bridgehead atoms. The second-order valence-electron chi connectivity index (χ2n) is 29.3. The van der Waals surface area contributed by atoms with Gasteiger partial charge in [-0.05, 0) is 122 Å². The topological polar surface area (TPSA) is 608 Å². The van der Waals surface area contributed by atoms with E-state index in [1.807, 2.05) is 0 Å². The highest BCUT2D eigenvalue weighted by Gasteiger charge is 2.55. The van der Waals surface area contributed by atoms with E-state index in [4.69, 9.17) is 72.1 Å². The molecule has 0 spiro atoms. The van der Waals surface area contributed by atoms with Gasteiger partial charge in [0.1, 0.15) is 36.0 Å². The number of anilines is 1. The van der Waals surface area contributed by atoms with E-state index in [1.54, 1.807) is 124 Å². The number of carbonyl (C=O) groups excluding carboxylic acids is 5. The van der Waals surface area contributed by atoms with E-state index in [0.717, 1.165) is 5.17 Å². The number of phosphoric acid groups is 1. The predicted molar refractivity (Wildman–Crippen MR) is 458 cm³/mol. The quantitative estimate of drug-likeness (QED) is 0.0110. The van der Waals surface area contributed by atoms with E-state index >= 15 is 0 Å². The average Bonchev–Trinajstić information content (AvgIpc) is 1.60. The number of amides is 5. The molecule has 0 aliphatic carbocycles. The Bertz CT molecular complexity index is 5700. The second-order valence-corrected chi connectivity index (χ2v) is 33.9. The predicted octanol–water partition coefficient (Wildman–Crippen LogP) is 0.857. The molecule has 131 heavy (non-hydrogen) atoms. The van der Waals surface area contributed by atoms with Crippen molar-refractivity contribution in [2.24, 2.45) is 0 Å². The number of nitrogens with zero attached hydrogens (tertiary/aromatic N) is 11. The molecule has 3 aromatic carbocycles. The molecular formula is C83H92N17O28PS2. The van der Waals surface area contributed by atoms with Crippen molar-refractivity contribution in [2.45, 2.75) is 83.4 Å². The van der Waals surface area contributed by atoms with Crippen molar-refractivity contribution in [3.8, 4) is 52.8 Å². The lowest BCUT2D eigenvalue weighted by Crippen LogP contribution is -2.48. The molecule has 2 saturated heterocycles. The van der Waals surface area contributed by atoms with Crippen LogP contribution in [0, 0.1) is 35.5 Å². The van der Waals surface area contributed by atoms with E-state index in [-0.39, 0.29) is 158 Å². The van der Waals surface area contributed by atoms with Gasteiger partial charge in [-0.15, -0.1) is 5.17 Å². The van der Waals surface area contributed by atoms with Crippen molar-refractivity contribution >= 4 is 92.7 Å². The van der Waals surface area contributed by atoms with E-state index in [2.05, 4.69) is 77.1 Å². The zero-order valence-corrected chi connectivity index (χ0v) is 72.5. The lowest BCUT2D eigenvalue weighted by molar-refractivity contribution is -0.139. The number of nitrogen functional groups attached to an aromatic ring is 1. The summed E-state index contributed by atoms with van der Waals surface area (Å²) in [6.07, 6.45) is -1.15. The number of carbonyl (C=O) groups is 8. The number of phosphoric ester groups is 1. The number of hydrogen-bond donors (Lipinski definition) is 12. The van der Waals surface area contributed by atoms with E-state index in [9.17, 15) is 80.0 Å². The van der Waals surface area contributed by atoms with E-state index in [1.165, 1.54) is 17.3 Å². The summed E-state index contributed by atoms with van der Waals surface area (Å²) in [6, 6.07) is 29.5. The van der Waals surface area contributed by atoms with Crippen molar-refractivity contribution in [3.63, 3.8) is 0 Å². The number of alkyl carbamates (subject to hydrolysis) is 1. The van der Waals surface area contributed by atoms with Gasteiger partial charge in [0.2, 0.25) is 18.0 Å². The summed E-state index contributed by atoms with van der Waals surface area (Å²) in [6.45, 7) is -3.00. The number of hydrogen-bond acceptors (Lipinski definition) is 33. The molecule has 4 atom stereocenters. The fourth-order valence-electron chi connectivity index (χ4n) is 13.0. The fraction of sp³-hybridized carbons (Fsp3) is 0.373. The number of benzene rings is 3. The van der Waals surface area contributed by atoms with Crippen LogP contribution in [0.1, 0.15) is 93.2 Å². The third-order valence-corrected chi connectivity index (χ3v) is 21.1. The first-order valence-corrected chi connectivity index (χ1v) is 45.1. The first kappa shape index (κ1) is 98.2. The van der Waals surface area contributed by atoms with Gasteiger partial charge >= 0.3 is 31.8 Å². The number of ether oxygens (including phenoxy) is 6. The molecule has 0 radical (unpaired) electrons. The number of carboxylic acids is 3. The van der Waals surface area contributed by atoms with Crippen LogP contribution in [0.25, 0.3) is 11.2 Å². The van der Waals surface area contributed by atoms with Gasteiger partial charge in [0.25, 0.3) is 32.1 Å². The van der Waals surface area contributed by atoms with Crippen LogP contribution in [-0.2, 0) is 126 Å². The van der Waals surface area contributed by atoms with Crippen LogP contribution in [0.5, 0.6) is 17.2 Å². The van der Waals surface area contributed by atoms with Crippen LogP contribution in [0.15, 0.2) is 122 Å². The number of rotatable bonds is 38. The molecule has 694 valence electrons. The van der Waals surface area contributed by atoms with Crippen LogP contribution in [-0.4, -0.2) is 278 Å². The number of hydroxylamine groups is 1. The number of imidazole rings is 1. The Hall–Kier alpha value is -13.4. The lowest BCUT2D eigenvalue weighted by atomic mass is 10.1. The number of fused-ring (bicyclic) bond motifs is 8. The summed E-state index contributed by atoms with van der Waals surface area (Å²) in [5.41, 5.74) is 11.0. The van der Waals surface area contributed by atoms with Crippen molar-refractivity contribution in [3.05, 3.63) is 189 Å². The summed E-state index contributed by atoms with van der Waals surface area (Å²) in [4.78, 5) is 149. The molecule has 8 aromatic rings. The summed E-state index contributed by atoms with van der Waals surface area (Å²) in [7, 11) is -13.1. The molecule has 48 heteroatoms. The molecule has 4 unspecified atom stereocenters. The third-order valence-electron chi connectivity index (χ3n) is 18.6. The van der Waals surface area contributed by atoms with E-state index in [0.29, 0.717) is 92.7 Å².